The molecule has 0 saturated heterocycles. The highest BCUT2D eigenvalue weighted by Gasteiger charge is 2.24. The molecule has 16 heavy (non-hydrogen) atoms. The Balaban J connectivity index is 1.87. The van der Waals surface area contributed by atoms with Crippen molar-refractivity contribution in [3.8, 4) is 0 Å². The summed E-state index contributed by atoms with van der Waals surface area (Å²) in [5.41, 5.74) is 7.47. The number of aromatic nitrogens is 1. The molecule has 1 aromatic heterocycles. The van der Waals surface area contributed by atoms with Crippen LogP contribution in [0.2, 0.25) is 0 Å². The second-order valence-electron chi connectivity index (χ2n) is 4.24. The Bertz CT molecular complexity index is 343. The van der Waals surface area contributed by atoms with Gasteiger partial charge in [-0.15, -0.1) is 0 Å². The van der Waals surface area contributed by atoms with Crippen LogP contribution in [0, 0.1) is 0 Å². The first kappa shape index (κ1) is 11.6. The fourth-order valence-electron chi connectivity index (χ4n) is 2.23. The van der Waals surface area contributed by atoms with Crippen molar-refractivity contribution in [3.05, 3.63) is 18.5 Å². The number of rotatable bonds is 4. The molecule has 3 nitrogen and oxygen atoms in total. The van der Waals surface area contributed by atoms with Gasteiger partial charge in [0, 0.05) is 17.5 Å². The normalized spacial score (nSPS) is 24.6. The van der Waals surface area contributed by atoms with Crippen molar-refractivity contribution >= 4 is 23.1 Å². The number of thioether (sulfide) groups is 1. The van der Waals surface area contributed by atoms with Gasteiger partial charge in [-0.3, -0.25) is 4.98 Å². The molecule has 0 bridgehead atoms. The van der Waals surface area contributed by atoms with Crippen LogP contribution >= 0.6 is 11.8 Å². The van der Waals surface area contributed by atoms with E-state index < -0.39 is 0 Å². The lowest BCUT2D eigenvalue weighted by Gasteiger charge is -2.14. The maximum atomic E-state index is 5.70. The number of anilines is 2. The van der Waals surface area contributed by atoms with Crippen LogP contribution in [0.4, 0.5) is 11.4 Å². The molecule has 4 heteroatoms. The first-order valence-electron chi connectivity index (χ1n) is 5.86. The summed E-state index contributed by atoms with van der Waals surface area (Å²) in [6.45, 7) is 2.23. The minimum Gasteiger partial charge on any atom is -0.397 e. The highest BCUT2D eigenvalue weighted by Crippen LogP contribution is 2.31. The summed E-state index contributed by atoms with van der Waals surface area (Å²) >= 11 is 2.08. The molecule has 2 atom stereocenters. The zero-order chi connectivity index (χ0) is 11.4. The number of nitrogens with one attached hydrogen (secondary N) is 1. The van der Waals surface area contributed by atoms with E-state index in [9.17, 15) is 0 Å². The van der Waals surface area contributed by atoms with E-state index in [0.29, 0.717) is 6.04 Å². The van der Waals surface area contributed by atoms with E-state index in [-0.39, 0.29) is 0 Å². The van der Waals surface area contributed by atoms with E-state index in [1.54, 1.807) is 6.20 Å². The molecule has 0 spiro atoms. The topological polar surface area (TPSA) is 50.9 Å². The Hall–Kier alpha value is -0.900. The van der Waals surface area contributed by atoms with E-state index in [4.69, 9.17) is 5.73 Å². The molecule has 0 aliphatic heterocycles. The standard InChI is InChI=1S/C12H19N3S/c1-2-16-12-4-3-10(6-12)15-11-5-9(13)7-14-8-11/h5,7-8,10,12,15H,2-4,6,13H2,1H3. The molecule has 1 saturated carbocycles. The van der Waals surface area contributed by atoms with E-state index >= 15 is 0 Å². The van der Waals surface area contributed by atoms with Crippen molar-refractivity contribution in [1.82, 2.24) is 4.98 Å². The monoisotopic (exact) mass is 237 g/mol. The third-order valence-electron chi connectivity index (χ3n) is 2.92. The van der Waals surface area contributed by atoms with Gasteiger partial charge in [0.05, 0.1) is 17.6 Å². The molecule has 3 N–H and O–H groups in total. The summed E-state index contributed by atoms with van der Waals surface area (Å²) < 4.78 is 0. The number of hydrogen-bond acceptors (Lipinski definition) is 4. The molecular weight excluding hydrogens is 218 g/mol. The number of nitrogen functional groups attached to an aromatic ring is 1. The summed E-state index contributed by atoms with van der Waals surface area (Å²) in [5, 5.41) is 4.34. The largest absolute Gasteiger partial charge is 0.397 e. The van der Waals surface area contributed by atoms with E-state index in [1.807, 2.05) is 12.3 Å². The molecular formula is C12H19N3S. The fourth-order valence-corrected chi connectivity index (χ4v) is 3.37. The Morgan fingerprint density at radius 1 is 1.50 bits per heavy atom. The average molecular weight is 237 g/mol. The molecule has 2 unspecified atom stereocenters. The number of pyridine rings is 1. The van der Waals surface area contributed by atoms with Crippen LogP contribution < -0.4 is 11.1 Å². The van der Waals surface area contributed by atoms with Gasteiger partial charge in [-0.05, 0) is 31.1 Å². The van der Waals surface area contributed by atoms with Gasteiger partial charge < -0.3 is 11.1 Å². The number of hydrogen-bond donors (Lipinski definition) is 2. The Morgan fingerprint density at radius 3 is 3.12 bits per heavy atom. The van der Waals surface area contributed by atoms with Crippen LogP contribution in [-0.4, -0.2) is 22.0 Å². The first-order valence-corrected chi connectivity index (χ1v) is 6.91. The van der Waals surface area contributed by atoms with Crippen molar-refractivity contribution < 1.29 is 0 Å². The fraction of sp³-hybridized carbons (Fsp3) is 0.583. The lowest BCUT2D eigenvalue weighted by atomic mass is 10.2. The van der Waals surface area contributed by atoms with Crippen LogP contribution in [0.25, 0.3) is 0 Å². The smallest absolute Gasteiger partial charge is 0.0549 e. The Morgan fingerprint density at radius 2 is 2.38 bits per heavy atom. The molecule has 0 aromatic carbocycles. The molecule has 1 heterocycles. The highest BCUT2D eigenvalue weighted by molar-refractivity contribution is 7.99. The predicted molar refractivity (Wildman–Crippen MR) is 71.8 cm³/mol. The van der Waals surface area contributed by atoms with Crippen LogP contribution in [0.15, 0.2) is 18.5 Å². The zero-order valence-corrected chi connectivity index (χ0v) is 10.5. The average Bonchev–Trinajstić information content (AvgIpc) is 2.66. The molecule has 1 fully saturated rings. The lowest BCUT2D eigenvalue weighted by Crippen LogP contribution is -2.16. The number of nitrogens with two attached hydrogens (primary N) is 1. The second-order valence-corrected chi connectivity index (χ2v) is 5.82. The van der Waals surface area contributed by atoms with Gasteiger partial charge in [-0.25, -0.2) is 0 Å². The van der Waals surface area contributed by atoms with Gasteiger partial charge in [0.2, 0.25) is 0 Å². The lowest BCUT2D eigenvalue weighted by molar-refractivity contribution is 0.756. The molecule has 2 rings (SSSR count). The van der Waals surface area contributed by atoms with Crippen molar-refractivity contribution in [2.45, 2.75) is 37.5 Å². The number of nitrogens with zero attached hydrogens (tertiary/aromatic N) is 1. The highest BCUT2D eigenvalue weighted by atomic mass is 32.2. The molecule has 1 aliphatic rings. The summed E-state index contributed by atoms with van der Waals surface area (Å²) in [5.74, 6) is 1.22. The third kappa shape index (κ3) is 3.04. The quantitative estimate of drug-likeness (QED) is 0.845. The molecule has 88 valence electrons. The van der Waals surface area contributed by atoms with Gasteiger partial charge >= 0.3 is 0 Å². The Labute approximate surface area is 101 Å². The summed E-state index contributed by atoms with van der Waals surface area (Å²) in [4.78, 5) is 4.09. The predicted octanol–water partition coefficient (Wildman–Crippen LogP) is 2.75. The van der Waals surface area contributed by atoms with E-state index in [0.717, 1.165) is 16.6 Å². The maximum Gasteiger partial charge on any atom is 0.0549 e. The summed E-state index contributed by atoms with van der Waals surface area (Å²) in [6, 6.07) is 2.54. The zero-order valence-electron chi connectivity index (χ0n) is 9.65. The van der Waals surface area contributed by atoms with Gasteiger partial charge in [0.25, 0.3) is 0 Å². The van der Waals surface area contributed by atoms with Gasteiger partial charge in [0.15, 0.2) is 0 Å². The van der Waals surface area contributed by atoms with E-state index in [1.165, 1.54) is 25.0 Å². The van der Waals surface area contributed by atoms with Gasteiger partial charge in [0.1, 0.15) is 0 Å². The van der Waals surface area contributed by atoms with Crippen LogP contribution in [-0.2, 0) is 0 Å². The molecule has 1 aromatic rings. The third-order valence-corrected chi connectivity index (χ3v) is 4.15. The molecule has 0 amide bonds. The van der Waals surface area contributed by atoms with Crippen molar-refractivity contribution in [2.75, 3.05) is 16.8 Å². The SMILES string of the molecule is CCSC1CCC(Nc2cncc(N)c2)C1. The van der Waals surface area contributed by atoms with Gasteiger partial charge in [-0.1, -0.05) is 6.92 Å². The molecule has 0 radical (unpaired) electrons. The van der Waals surface area contributed by atoms with Crippen LogP contribution in [0.3, 0.4) is 0 Å². The second kappa shape index (κ2) is 5.43. The minimum atomic E-state index is 0.590. The summed E-state index contributed by atoms with van der Waals surface area (Å²) in [6.07, 6.45) is 7.36. The maximum absolute atomic E-state index is 5.70. The minimum absolute atomic E-state index is 0.590. The van der Waals surface area contributed by atoms with Crippen molar-refractivity contribution in [3.63, 3.8) is 0 Å². The van der Waals surface area contributed by atoms with Crippen LogP contribution in [0.5, 0.6) is 0 Å². The van der Waals surface area contributed by atoms with Crippen molar-refractivity contribution in [1.29, 1.82) is 0 Å². The van der Waals surface area contributed by atoms with Crippen molar-refractivity contribution in [2.24, 2.45) is 0 Å². The van der Waals surface area contributed by atoms with Crippen LogP contribution in [0.1, 0.15) is 26.2 Å². The Kier molecular flexibility index (Phi) is 3.93. The van der Waals surface area contributed by atoms with E-state index in [2.05, 4.69) is 29.0 Å². The van der Waals surface area contributed by atoms with Gasteiger partial charge in [-0.2, -0.15) is 11.8 Å². The summed E-state index contributed by atoms with van der Waals surface area (Å²) in [7, 11) is 0. The molecule has 1 aliphatic carbocycles. The first-order chi connectivity index (χ1) is 7.78.